The van der Waals surface area contributed by atoms with Crippen molar-refractivity contribution in [1.82, 2.24) is 0 Å². The molecule has 0 rings (SSSR count). The van der Waals surface area contributed by atoms with Gasteiger partial charge in [0.1, 0.15) is 5.76 Å². The van der Waals surface area contributed by atoms with Gasteiger partial charge in [0.05, 0.1) is 5.70 Å². The van der Waals surface area contributed by atoms with E-state index < -0.39 is 0 Å². The van der Waals surface area contributed by atoms with Crippen LogP contribution in [-0.4, -0.2) is 5.11 Å². The van der Waals surface area contributed by atoms with Crippen molar-refractivity contribution >= 4 is 0 Å². The molecule has 0 heterocycles. The molecule has 0 fully saturated rings. The van der Waals surface area contributed by atoms with E-state index in [0.29, 0.717) is 0 Å². The van der Waals surface area contributed by atoms with Crippen molar-refractivity contribution in [3.63, 3.8) is 0 Å². The van der Waals surface area contributed by atoms with E-state index in [4.69, 9.17) is 10.8 Å². The zero-order valence-electron chi connectivity index (χ0n) is 11.2. The van der Waals surface area contributed by atoms with E-state index in [1.165, 1.54) is 0 Å². The maximum Gasteiger partial charge on any atom is 0.131 e. The number of aliphatic hydroxyl groups is 1. The van der Waals surface area contributed by atoms with Crippen LogP contribution in [0.3, 0.4) is 0 Å². The van der Waals surface area contributed by atoms with Gasteiger partial charge >= 0.3 is 0 Å². The molecule has 0 radical (unpaired) electrons. The Bertz CT molecular complexity index is 316. The van der Waals surface area contributed by atoms with Crippen LogP contribution in [0.2, 0.25) is 0 Å². The Labute approximate surface area is 99.5 Å². The van der Waals surface area contributed by atoms with Gasteiger partial charge in [-0.1, -0.05) is 47.8 Å². The standard InChI is InChI=1S/C14H25NO/c1-10(8-12(15)11(2)16)14(6,7)9-13(3,4)5/h8,16H,1-2,9,15H2,3-7H3/b12-8+. The van der Waals surface area contributed by atoms with Crippen LogP contribution >= 0.6 is 0 Å². The van der Waals surface area contributed by atoms with Crippen molar-refractivity contribution in [2.24, 2.45) is 16.6 Å². The molecule has 0 saturated heterocycles. The van der Waals surface area contributed by atoms with Gasteiger partial charge in [-0.25, -0.2) is 0 Å². The molecule has 0 aliphatic carbocycles. The number of aliphatic hydroxyl groups excluding tert-OH is 1. The molecule has 2 heteroatoms. The van der Waals surface area contributed by atoms with E-state index in [-0.39, 0.29) is 22.3 Å². The molecule has 0 atom stereocenters. The van der Waals surface area contributed by atoms with E-state index in [2.05, 4.69) is 47.8 Å². The van der Waals surface area contributed by atoms with Crippen LogP contribution in [0.25, 0.3) is 0 Å². The average Bonchev–Trinajstić information content (AvgIpc) is 1.98. The van der Waals surface area contributed by atoms with Crippen LogP contribution in [0.5, 0.6) is 0 Å². The second-order valence-electron chi connectivity index (χ2n) is 6.19. The fourth-order valence-electron chi connectivity index (χ4n) is 1.91. The van der Waals surface area contributed by atoms with Crippen molar-refractivity contribution in [2.45, 2.75) is 41.0 Å². The van der Waals surface area contributed by atoms with Crippen molar-refractivity contribution < 1.29 is 5.11 Å². The Balaban J connectivity index is 4.85. The normalized spacial score (nSPS) is 13.7. The van der Waals surface area contributed by atoms with E-state index >= 15 is 0 Å². The Kier molecular flexibility index (Phi) is 4.42. The molecule has 0 aromatic rings. The summed E-state index contributed by atoms with van der Waals surface area (Å²) in [6.07, 6.45) is 2.70. The van der Waals surface area contributed by atoms with Crippen molar-refractivity contribution in [2.75, 3.05) is 0 Å². The highest BCUT2D eigenvalue weighted by Gasteiger charge is 2.27. The quantitative estimate of drug-likeness (QED) is 0.560. The first-order valence-corrected chi connectivity index (χ1v) is 5.50. The number of hydrogen-bond donors (Lipinski definition) is 2. The molecule has 3 N–H and O–H groups in total. The molecule has 0 aromatic heterocycles. The number of rotatable bonds is 4. The van der Waals surface area contributed by atoms with Gasteiger partial charge in [-0.3, -0.25) is 0 Å². The third-order valence-electron chi connectivity index (χ3n) is 2.50. The highest BCUT2D eigenvalue weighted by molar-refractivity contribution is 5.31. The molecule has 0 spiro atoms. The van der Waals surface area contributed by atoms with E-state index in [0.717, 1.165) is 12.0 Å². The molecule has 92 valence electrons. The topological polar surface area (TPSA) is 46.2 Å². The first kappa shape index (κ1) is 14.8. The Morgan fingerprint density at radius 1 is 1.19 bits per heavy atom. The lowest BCUT2D eigenvalue weighted by Crippen LogP contribution is -2.22. The summed E-state index contributed by atoms with van der Waals surface area (Å²) >= 11 is 0. The molecule has 0 amide bonds. The minimum Gasteiger partial charge on any atom is -0.506 e. The number of nitrogens with two attached hydrogens (primary N) is 1. The lowest BCUT2D eigenvalue weighted by atomic mass is 9.72. The van der Waals surface area contributed by atoms with E-state index in [1.807, 2.05) is 0 Å². The number of allylic oxidation sites excluding steroid dienone is 2. The van der Waals surface area contributed by atoms with E-state index in [9.17, 15) is 0 Å². The summed E-state index contributed by atoms with van der Waals surface area (Å²) in [6, 6.07) is 0. The van der Waals surface area contributed by atoms with Crippen LogP contribution < -0.4 is 5.73 Å². The molecule has 0 aromatic carbocycles. The molecule has 0 bridgehead atoms. The predicted octanol–water partition coefficient (Wildman–Crippen LogP) is 3.92. The number of hydrogen-bond acceptors (Lipinski definition) is 2. The van der Waals surface area contributed by atoms with Crippen LogP contribution in [0.4, 0.5) is 0 Å². The second kappa shape index (κ2) is 4.77. The van der Waals surface area contributed by atoms with Gasteiger partial charge in [-0.2, -0.15) is 0 Å². The van der Waals surface area contributed by atoms with Crippen LogP contribution in [0, 0.1) is 10.8 Å². The first-order valence-electron chi connectivity index (χ1n) is 5.50. The summed E-state index contributed by atoms with van der Waals surface area (Å²) in [4.78, 5) is 0. The van der Waals surface area contributed by atoms with Gasteiger partial charge in [0.25, 0.3) is 0 Å². The van der Waals surface area contributed by atoms with Crippen LogP contribution in [0.1, 0.15) is 41.0 Å². The van der Waals surface area contributed by atoms with Crippen LogP contribution in [0.15, 0.2) is 36.3 Å². The maximum absolute atomic E-state index is 9.14. The molecular formula is C14H25NO. The molecule has 0 unspecified atom stereocenters. The predicted molar refractivity (Wildman–Crippen MR) is 71.0 cm³/mol. The van der Waals surface area contributed by atoms with Gasteiger partial charge in [0.15, 0.2) is 0 Å². The summed E-state index contributed by atoms with van der Waals surface area (Å²) in [7, 11) is 0. The summed E-state index contributed by atoms with van der Waals surface area (Å²) < 4.78 is 0. The lowest BCUT2D eigenvalue weighted by molar-refractivity contribution is 0.254. The molecule has 0 aliphatic heterocycles. The van der Waals surface area contributed by atoms with Crippen molar-refractivity contribution in [3.05, 3.63) is 36.3 Å². The van der Waals surface area contributed by atoms with Gasteiger partial charge in [0, 0.05) is 0 Å². The SMILES string of the molecule is C=C(O)/C(N)=C\C(=C)C(C)(C)CC(C)(C)C. The minimum absolute atomic E-state index is 0.0433. The highest BCUT2D eigenvalue weighted by Crippen LogP contribution is 2.38. The summed E-state index contributed by atoms with van der Waals surface area (Å²) in [5.74, 6) is -0.104. The Hall–Kier alpha value is -1.18. The second-order valence-corrected chi connectivity index (χ2v) is 6.19. The zero-order valence-corrected chi connectivity index (χ0v) is 11.2. The van der Waals surface area contributed by atoms with Gasteiger partial charge in [0.2, 0.25) is 0 Å². The summed E-state index contributed by atoms with van der Waals surface area (Å²) in [6.45, 7) is 18.3. The smallest absolute Gasteiger partial charge is 0.131 e. The Morgan fingerprint density at radius 3 is 1.94 bits per heavy atom. The summed E-state index contributed by atoms with van der Waals surface area (Å²) in [5, 5.41) is 9.14. The van der Waals surface area contributed by atoms with Crippen molar-refractivity contribution in [1.29, 1.82) is 0 Å². The third-order valence-corrected chi connectivity index (χ3v) is 2.50. The van der Waals surface area contributed by atoms with E-state index in [1.54, 1.807) is 6.08 Å². The largest absolute Gasteiger partial charge is 0.506 e. The molecular weight excluding hydrogens is 198 g/mol. The lowest BCUT2D eigenvalue weighted by Gasteiger charge is -2.33. The third kappa shape index (κ3) is 5.06. The first-order chi connectivity index (χ1) is 6.96. The molecule has 2 nitrogen and oxygen atoms in total. The zero-order chi connectivity index (χ0) is 13.1. The van der Waals surface area contributed by atoms with Gasteiger partial charge < -0.3 is 10.8 Å². The summed E-state index contributed by atoms with van der Waals surface area (Å²) in [5.41, 5.74) is 7.01. The fraction of sp³-hybridized carbons (Fsp3) is 0.571. The van der Waals surface area contributed by atoms with Crippen molar-refractivity contribution in [3.8, 4) is 0 Å². The van der Waals surface area contributed by atoms with Gasteiger partial charge in [-0.05, 0) is 28.9 Å². The molecule has 0 saturated carbocycles. The highest BCUT2D eigenvalue weighted by atomic mass is 16.3. The molecule has 16 heavy (non-hydrogen) atoms. The van der Waals surface area contributed by atoms with Crippen LogP contribution in [-0.2, 0) is 0 Å². The minimum atomic E-state index is -0.104. The Morgan fingerprint density at radius 2 is 1.62 bits per heavy atom. The fourth-order valence-corrected chi connectivity index (χ4v) is 1.91. The monoisotopic (exact) mass is 223 g/mol. The average molecular weight is 223 g/mol. The molecule has 0 aliphatic rings. The van der Waals surface area contributed by atoms with Gasteiger partial charge in [-0.15, -0.1) is 0 Å². The maximum atomic E-state index is 9.14.